The molecule has 0 saturated carbocycles. The molecule has 0 N–H and O–H groups in total. The molecule has 0 aliphatic heterocycles. The van der Waals surface area contributed by atoms with Gasteiger partial charge < -0.3 is 14.4 Å². The van der Waals surface area contributed by atoms with Gasteiger partial charge in [0.25, 0.3) is 0 Å². The Morgan fingerprint density at radius 1 is 0.396 bits per heavy atom. The van der Waals surface area contributed by atoms with Crippen molar-refractivity contribution in [1.29, 1.82) is 0 Å². The summed E-state index contributed by atoms with van der Waals surface area (Å²) < 4.78 is 0. The second-order valence-corrected chi connectivity index (χ2v) is 15.8. The van der Waals surface area contributed by atoms with Crippen molar-refractivity contribution in [2.24, 2.45) is 0 Å². The smallest absolute Gasteiger partial charge is 0.282 e. The summed E-state index contributed by atoms with van der Waals surface area (Å²) in [5, 5.41) is 6.16. The van der Waals surface area contributed by atoms with E-state index in [9.17, 15) is 0 Å². The Kier molecular flexibility index (Phi) is 32.5. The molecule has 4 aromatic rings. The molecule has 7 heteroatoms. The topological polar surface area (TPSA) is 51.2 Å². The predicted octanol–water partition coefficient (Wildman–Crippen LogP) is 8.64. The maximum atomic E-state index is 7.75. The summed E-state index contributed by atoms with van der Waals surface area (Å²) in [6.07, 6.45) is 15.2. The SMILES string of the molecule is C(#CCCCCCC[PH+](c1ccccc1)c1ccccc1)CCCCCC[PH+](c1ccccc1)c1ccccc1.[Br][Re].[CH-]=O.[CH-]=O.[CH-]=O. The largest absolute Gasteiger partial charge is 0.545 e. The summed E-state index contributed by atoms with van der Waals surface area (Å²) in [6.45, 7) is 9.75. The van der Waals surface area contributed by atoms with E-state index in [-0.39, 0.29) is 0 Å². The van der Waals surface area contributed by atoms with Crippen LogP contribution in [-0.4, -0.2) is 32.7 Å². The maximum Gasteiger partial charge on any atom is -0.282 e. The van der Waals surface area contributed by atoms with E-state index in [2.05, 4.69) is 167 Å². The summed E-state index contributed by atoms with van der Waals surface area (Å²) in [7, 11) is -1.35. The van der Waals surface area contributed by atoms with E-state index in [4.69, 9.17) is 14.4 Å². The van der Waals surface area contributed by atoms with Gasteiger partial charge in [-0.1, -0.05) is 85.6 Å². The van der Waals surface area contributed by atoms with E-state index >= 15 is 0 Å². The van der Waals surface area contributed by atoms with Gasteiger partial charge in [0.05, 0.1) is 49.4 Å². The van der Waals surface area contributed by atoms with Gasteiger partial charge in [-0.15, -0.1) is 11.8 Å². The van der Waals surface area contributed by atoms with Gasteiger partial charge in [-0.3, -0.25) is 20.4 Å². The van der Waals surface area contributed by atoms with E-state index < -0.39 is 15.8 Å². The molecule has 3 nitrogen and oxygen atoms in total. The number of hydrogen-bond acceptors (Lipinski definition) is 3. The van der Waals surface area contributed by atoms with E-state index in [1.807, 2.05) is 0 Å². The minimum absolute atomic E-state index is 0.673. The fourth-order valence-electron chi connectivity index (χ4n) is 5.38. The third-order valence-corrected chi connectivity index (χ3v) is 13.4. The van der Waals surface area contributed by atoms with Gasteiger partial charge in [-0.25, -0.2) is 0 Å². The zero-order valence-corrected chi connectivity index (χ0v) is 34.0. The molecular weight excluding hydrogens is 869 g/mol. The molecule has 0 atom stereocenters. The number of benzene rings is 4. The Labute approximate surface area is 310 Å². The number of unbranched alkanes of at least 4 members (excludes halogenated alkanes) is 8. The summed E-state index contributed by atoms with van der Waals surface area (Å²) in [5.41, 5.74) is 0. The Morgan fingerprint density at radius 3 is 0.875 bits per heavy atom. The van der Waals surface area contributed by atoms with Gasteiger partial charge in [-0.2, -0.15) is 0 Å². The fourth-order valence-corrected chi connectivity index (χ4v) is 10.8. The number of hydrogen-bond donors (Lipinski definition) is 0. The van der Waals surface area contributed by atoms with Gasteiger partial charge in [0, 0.05) is 12.8 Å². The molecule has 0 amide bonds. The average Bonchev–Trinajstić information content (AvgIpc) is 3.19. The average molecular weight is 918 g/mol. The minimum Gasteiger partial charge on any atom is -0.545 e. The van der Waals surface area contributed by atoms with Gasteiger partial charge in [0.1, 0.15) is 0 Å². The zero-order chi connectivity index (χ0) is 35.5. The summed E-state index contributed by atoms with van der Waals surface area (Å²) in [6, 6.07) is 44.6. The second-order valence-electron chi connectivity index (χ2n) is 10.6. The molecule has 0 heterocycles. The van der Waals surface area contributed by atoms with Crippen LogP contribution in [-0.2, 0) is 31.6 Å². The molecular formula is C41H49BrO3P2Re-. The van der Waals surface area contributed by atoms with Crippen LogP contribution in [0.15, 0.2) is 121 Å². The molecule has 0 bridgehead atoms. The standard InChI is InChI=1S/C38H44P2.3CHO.BrH.Re/c1(3-5-7-9-23-33-39(35-25-15-11-16-26-35)36-27-17-12-18-28-36)2-4-6-8-10-24-34-40(37-29-19-13-20-30-37)38-31-21-14-22-32-38;3*1-2;;/h11-22,25-32H,3-10,23-24,33-34H2;3*1H;1H;/q;3*-1;;+1/p+1. The van der Waals surface area contributed by atoms with Crippen molar-refractivity contribution in [2.45, 2.75) is 64.2 Å². The molecule has 0 aromatic heterocycles. The zero-order valence-electron chi connectivity index (χ0n) is 27.7. The van der Waals surface area contributed by atoms with Crippen LogP contribution in [0.2, 0.25) is 0 Å². The summed E-state index contributed by atoms with van der Waals surface area (Å²) in [4.78, 5) is 23.2. The molecule has 0 saturated heterocycles. The van der Waals surface area contributed by atoms with E-state index in [0.29, 0.717) is 0 Å². The fraction of sp³-hybridized carbons (Fsp3) is 0.293. The molecule has 0 spiro atoms. The second kappa shape index (κ2) is 34.3. The summed E-state index contributed by atoms with van der Waals surface area (Å²) in [5.74, 6) is 6.90. The number of halogens is 1. The molecule has 0 fully saturated rings. The normalized spacial score (nSPS) is 9.50. The first kappa shape index (κ1) is 45.5. The van der Waals surface area contributed by atoms with Crippen molar-refractivity contribution in [2.75, 3.05) is 12.3 Å². The Balaban J connectivity index is 0.00000257. The van der Waals surface area contributed by atoms with Crippen LogP contribution in [0, 0.1) is 11.8 Å². The predicted molar refractivity (Wildman–Crippen MR) is 214 cm³/mol. The maximum absolute atomic E-state index is 7.75. The summed E-state index contributed by atoms with van der Waals surface area (Å²) >= 11 is 4.53. The van der Waals surface area contributed by atoms with Gasteiger partial charge >= 0.3 is 30.6 Å². The van der Waals surface area contributed by atoms with Gasteiger partial charge in [0.2, 0.25) is 0 Å². The first-order valence-corrected chi connectivity index (χ1v) is 25.5. The van der Waals surface area contributed by atoms with Crippen LogP contribution in [0.25, 0.3) is 0 Å². The van der Waals surface area contributed by atoms with E-state index in [0.717, 1.165) is 12.8 Å². The van der Waals surface area contributed by atoms with Crippen LogP contribution in [0.5, 0.6) is 0 Å². The van der Waals surface area contributed by atoms with Crippen LogP contribution in [0.4, 0.5) is 0 Å². The van der Waals surface area contributed by atoms with E-state index in [1.165, 1.54) is 80.9 Å². The number of rotatable bonds is 16. The van der Waals surface area contributed by atoms with Crippen molar-refractivity contribution < 1.29 is 31.6 Å². The van der Waals surface area contributed by atoms with Crippen molar-refractivity contribution >= 4 is 70.9 Å². The third kappa shape index (κ3) is 20.1. The first-order valence-electron chi connectivity index (χ1n) is 16.2. The Hall–Kier alpha value is -2.55. The van der Waals surface area contributed by atoms with Crippen molar-refractivity contribution in [1.82, 2.24) is 0 Å². The van der Waals surface area contributed by atoms with E-state index in [1.54, 1.807) is 21.2 Å². The molecule has 4 aromatic carbocycles. The van der Waals surface area contributed by atoms with Crippen LogP contribution >= 0.6 is 29.3 Å². The Bertz CT molecular complexity index is 1140. The third-order valence-electron chi connectivity index (χ3n) is 7.57. The quantitative estimate of drug-likeness (QED) is 0.0372. The molecule has 48 heavy (non-hydrogen) atoms. The Morgan fingerprint density at radius 2 is 0.625 bits per heavy atom. The minimum atomic E-state index is -0.673. The van der Waals surface area contributed by atoms with Gasteiger partial charge in [0.15, 0.2) is 0 Å². The molecule has 256 valence electrons. The van der Waals surface area contributed by atoms with Crippen LogP contribution in [0.3, 0.4) is 0 Å². The van der Waals surface area contributed by atoms with Gasteiger partial charge in [-0.05, 0) is 87.1 Å². The molecule has 0 unspecified atom stereocenters. The molecule has 0 aliphatic carbocycles. The molecule has 4 rings (SSSR count). The van der Waals surface area contributed by atoms with Crippen LogP contribution in [0.1, 0.15) is 64.2 Å². The van der Waals surface area contributed by atoms with Crippen molar-refractivity contribution in [3.63, 3.8) is 0 Å². The number of carbonyl (C=O) groups excluding carboxylic acids is 3. The van der Waals surface area contributed by atoms with Crippen molar-refractivity contribution in [3.8, 4) is 11.8 Å². The van der Waals surface area contributed by atoms with Crippen molar-refractivity contribution in [3.05, 3.63) is 121 Å². The monoisotopic (exact) mass is 917 g/mol. The molecule has 0 aliphatic rings. The van der Waals surface area contributed by atoms with Crippen LogP contribution < -0.4 is 21.2 Å². The molecule has 0 radical (unpaired) electrons. The first-order chi connectivity index (χ1) is 23.9.